The predicted molar refractivity (Wildman–Crippen MR) is 48.4 cm³/mol. The molecule has 0 aromatic rings. The van der Waals surface area contributed by atoms with Crippen LogP contribution in [0.15, 0.2) is 35.7 Å². The number of hydrogen-bond acceptors (Lipinski definition) is 2. The fraction of sp³-hybridized carbons (Fsp3) is 0.333. The topological polar surface area (TPSA) is 40.1 Å². The molecule has 1 rings (SSSR count). The van der Waals surface area contributed by atoms with Crippen molar-refractivity contribution in [2.24, 2.45) is 0 Å². The summed E-state index contributed by atoms with van der Waals surface area (Å²) in [5.74, 6) is -3.85. The summed E-state index contributed by atoms with van der Waals surface area (Å²) >= 11 is 0. The number of allylic oxidation sites excluding steroid dienone is 6. The smallest absolute Gasteiger partial charge is 0.591 e. The van der Waals surface area contributed by atoms with Crippen molar-refractivity contribution in [3.63, 3.8) is 0 Å². The van der Waals surface area contributed by atoms with Crippen LogP contribution in [0, 0.1) is 0 Å². The molecule has 0 heterocycles. The Morgan fingerprint density at radius 3 is 2.44 bits per heavy atom. The van der Waals surface area contributed by atoms with Gasteiger partial charge in [0.15, 0.2) is 0 Å². The number of rotatable bonds is 2. The largest absolute Gasteiger partial charge is 1.00 e. The van der Waals surface area contributed by atoms with Crippen LogP contribution in [-0.4, -0.2) is 11.6 Å². The van der Waals surface area contributed by atoms with Crippen LogP contribution >= 0.6 is 8.03 Å². The summed E-state index contributed by atoms with van der Waals surface area (Å²) in [6.07, 6.45) is 3.62. The second-order valence-corrected chi connectivity index (χ2v) is 4.00. The summed E-state index contributed by atoms with van der Waals surface area (Å²) in [6.45, 7) is 1.34. The van der Waals surface area contributed by atoms with E-state index in [2.05, 4.69) is 0 Å². The van der Waals surface area contributed by atoms with Crippen molar-refractivity contribution in [2.75, 3.05) is 0 Å². The molecule has 0 aromatic heterocycles. The Labute approximate surface area is 114 Å². The Kier molecular flexibility index (Phi) is 5.63. The first-order chi connectivity index (χ1) is 6.85. The van der Waals surface area contributed by atoms with Gasteiger partial charge in [-0.25, -0.2) is 4.39 Å². The van der Waals surface area contributed by atoms with E-state index in [4.69, 9.17) is 0 Å². The molecule has 0 spiro atoms. The molecule has 2 nitrogen and oxygen atoms in total. The van der Waals surface area contributed by atoms with Crippen molar-refractivity contribution in [1.82, 2.24) is 0 Å². The summed E-state index contributed by atoms with van der Waals surface area (Å²) in [7, 11) is -3.37. The first kappa shape index (κ1) is 16.1. The quantitative estimate of drug-likeness (QED) is 0.380. The van der Waals surface area contributed by atoms with Crippen molar-refractivity contribution in [3.8, 4) is 0 Å². The number of hydrogen-bond donors (Lipinski definition) is 0. The van der Waals surface area contributed by atoms with E-state index in [-0.39, 0.29) is 29.6 Å². The molecule has 2 unspecified atom stereocenters. The molecule has 1 aliphatic rings. The standard InChI is InChI=1S/C9H8F3O2P.Na/c1-2-5-8(10)7(15(13)14)4-3-6-9(8,11)12;/h2-6H,1H3;/q;+1. The molecule has 0 bridgehead atoms. The zero-order chi connectivity index (χ0) is 11.7. The van der Waals surface area contributed by atoms with Crippen molar-refractivity contribution in [1.29, 1.82) is 0 Å². The third-order valence-electron chi connectivity index (χ3n) is 2.01. The van der Waals surface area contributed by atoms with Gasteiger partial charge in [-0.1, -0.05) is 16.7 Å². The molecule has 0 saturated heterocycles. The molecule has 0 aromatic carbocycles. The molecule has 0 N–H and O–H groups in total. The van der Waals surface area contributed by atoms with E-state index in [1.165, 1.54) is 6.92 Å². The van der Waals surface area contributed by atoms with Gasteiger partial charge in [0.2, 0.25) is 5.31 Å². The number of alkyl halides is 3. The van der Waals surface area contributed by atoms with Crippen molar-refractivity contribution >= 4 is 8.03 Å². The van der Waals surface area contributed by atoms with Gasteiger partial charge in [0, 0.05) is 0 Å². The maximum absolute atomic E-state index is 13.9. The maximum Gasteiger partial charge on any atom is 1.00 e. The zero-order valence-corrected chi connectivity index (χ0v) is 11.7. The normalized spacial score (nSPS) is 28.6. The van der Waals surface area contributed by atoms with Crippen LogP contribution in [0.4, 0.5) is 13.2 Å². The fourth-order valence-electron chi connectivity index (χ4n) is 1.29. The van der Waals surface area contributed by atoms with Crippen LogP contribution in [0.3, 0.4) is 0 Å². The Morgan fingerprint density at radius 1 is 1.44 bits per heavy atom. The van der Waals surface area contributed by atoms with E-state index in [1.54, 1.807) is 0 Å². The first-order valence-corrected chi connectivity index (χ1v) is 5.28. The third kappa shape index (κ3) is 2.66. The molecule has 2 atom stereocenters. The van der Waals surface area contributed by atoms with E-state index < -0.39 is 24.9 Å². The molecule has 0 amide bonds. The van der Waals surface area contributed by atoms with Crippen molar-refractivity contribution in [2.45, 2.75) is 18.5 Å². The van der Waals surface area contributed by atoms with Gasteiger partial charge in [-0.15, -0.1) is 0 Å². The second kappa shape index (κ2) is 5.61. The molecular formula is C9H8F3NaO2P+. The van der Waals surface area contributed by atoms with Crippen LogP contribution in [-0.2, 0) is 4.57 Å². The van der Waals surface area contributed by atoms with Gasteiger partial charge in [-0.2, -0.15) is 8.78 Å². The summed E-state index contributed by atoms with van der Waals surface area (Å²) in [4.78, 5) is 10.7. The molecule has 82 valence electrons. The first-order valence-electron chi connectivity index (χ1n) is 4.10. The average Bonchev–Trinajstić information content (AvgIpc) is 2.10. The minimum Gasteiger partial charge on any atom is -0.591 e. The van der Waals surface area contributed by atoms with Gasteiger partial charge in [-0.3, -0.25) is 0 Å². The molecular weight excluding hydrogens is 251 g/mol. The Hall–Kier alpha value is 0.0700. The fourth-order valence-corrected chi connectivity index (χ4v) is 1.99. The van der Waals surface area contributed by atoms with E-state index in [0.717, 1.165) is 18.2 Å². The molecule has 0 saturated carbocycles. The predicted octanol–water partition coefficient (Wildman–Crippen LogP) is -0.534. The Balaban J connectivity index is 0.00000225. The molecule has 0 fully saturated rings. The minimum absolute atomic E-state index is 0. The Morgan fingerprint density at radius 2 is 2.00 bits per heavy atom. The van der Waals surface area contributed by atoms with E-state index in [0.29, 0.717) is 12.2 Å². The van der Waals surface area contributed by atoms with E-state index in [9.17, 15) is 22.6 Å². The van der Waals surface area contributed by atoms with Gasteiger partial charge in [-0.05, 0) is 25.2 Å². The molecule has 0 radical (unpaired) electrons. The average molecular weight is 259 g/mol. The SMILES string of the molecule is CC=CC1(F)C([P+](=O)[O-])=CC=CC1(F)F.[Na+]. The van der Waals surface area contributed by atoms with Crippen LogP contribution in [0.25, 0.3) is 0 Å². The van der Waals surface area contributed by atoms with E-state index in [1.807, 2.05) is 0 Å². The van der Waals surface area contributed by atoms with Gasteiger partial charge >= 0.3 is 43.5 Å². The summed E-state index contributed by atoms with van der Waals surface area (Å²) in [5.41, 5.74) is -3.27. The Bertz CT molecular complexity index is 379. The molecule has 1 aliphatic carbocycles. The van der Waals surface area contributed by atoms with E-state index >= 15 is 0 Å². The van der Waals surface area contributed by atoms with Gasteiger partial charge in [0.05, 0.1) is 0 Å². The zero-order valence-electron chi connectivity index (χ0n) is 8.78. The summed E-state index contributed by atoms with van der Waals surface area (Å²) in [6, 6.07) is 0. The molecule has 0 aliphatic heterocycles. The van der Waals surface area contributed by atoms with Crippen LogP contribution < -0.4 is 34.5 Å². The molecule has 7 heteroatoms. The molecule has 16 heavy (non-hydrogen) atoms. The third-order valence-corrected chi connectivity index (χ3v) is 2.88. The van der Waals surface area contributed by atoms with Crippen LogP contribution in [0.5, 0.6) is 0 Å². The van der Waals surface area contributed by atoms with Crippen LogP contribution in [0.2, 0.25) is 0 Å². The van der Waals surface area contributed by atoms with Crippen molar-refractivity contribution in [3.05, 3.63) is 35.7 Å². The second-order valence-electron chi connectivity index (χ2n) is 3.00. The number of halogens is 3. The summed E-state index contributed by atoms with van der Waals surface area (Å²) < 4.78 is 51.0. The van der Waals surface area contributed by atoms with Gasteiger partial charge in [0.25, 0.3) is 5.67 Å². The van der Waals surface area contributed by atoms with Gasteiger partial charge < -0.3 is 4.89 Å². The minimum atomic E-state index is -3.85. The van der Waals surface area contributed by atoms with Crippen LogP contribution in [0.1, 0.15) is 6.92 Å². The van der Waals surface area contributed by atoms with Gasteiger partial charge in [0.1, 0.15) is 0 Å². The summed E-state index contributed by atoms with van der Waals surface area (Å²) in [5, 5.41) is -0.928. The monoisotopic (exact) mass is 259 g/mol. The van der Waals surface area contributed by atoms with Crippen molar-refractivity contribution < 1.29 is 52.2 Å². The maximum atomic E-state index is 13.9.